The Kier molecular flexibility index (Phi) is 2.76. The fourth-order valence-electron chi connectivity index (χ4n) is 2.30. The molecule has 1 heterocycles. The third-order valence-corrected chi connectivity index (χ3v) is 4.55. The zero-order valence-electron chi connectivity index (χ0n) is 10.6. The van der Waals surface area contributed by atoms with E-state index in [-0.39, 0.29) is 16.2 Å². The lowest BCUT2D eigenvalue weighted by Gasteiger charge is -2.09. The first-order valence-electron chi connectivity index (χ1n) is 5.88. The first kappa shape index (κ1) is 12.7. The maximum atomic E-state index is 12.0. The van der Waals surface area contributed by atoms with Crippen molar-refractivity contribution in [2.24, 2.45) is 0 Å². The van der Waals surface area contributed by atoms with Gasteiger partial charge in [-0.2, -0.15) is 0 Å². The standard InChI is InChI=1S/C14H11NO4S/c1-19-11-8-7-10(9-5-3-2-4-6-9)12-13(11)20(17,18)15-14(12)16/h2-8H,1H3,(H,15,16). The number of rotatable bonds is 2. The molecule has 0 atom stereocenters. The van der Waals surface area contributed by atoms with Crippen molar-refractivity contribution in [2.45, 2.75) is 4.90 Å². The molecule has 1 amide bonds. The highest BCUT2D eigenvalue weighted by molar-refractivity contribution is 7.90. The van der Waals surface area contributed by atoms with Crippen molar-refractivity contribution < 1.29 is 17.9 Å². The minimum Gasteiger partial charge on any atom is -0.495 e. The van der Waals surface area contributed by atoms with Gasteiger partial charge in [-0.05, 0) is 23.3 Å². The quantitative estimate of drug-likeness (QED) is 0.915. The van der Waals surface area contributed by atoms with Crippen molar-refractivity contribution in [3.8, 4) is 16.9 Å². The van der Waals surface area contributed by atoms with Crippen molar-refractivity contribution in [1.82, 2.24) is 4.72 Å². The molecule has 0 bridgehead atoms. The summed E-state index contributed by atoms with van der Waals surface area (Å²) in [7, 11) is -2.48. The van der Waals surface area contributed by atoms with Gasteiger partial charge in [0.05, 0.1) is 12.7 Å². The van der Waals surface area contributed by atoms with E-state index < -0.39 is 15.9 Å². The van der Waals surface area contributed by atoms with Crippen LogP contribution in [0.5, 0.6) is 5.75 Å². The van der Waals surface area contributed by atoms with Crippen LogP contribution in [0.4, 0.5) is 0 Å². The Morgan fingerprint density at radius 2 is 1.75 bits per heavy atom. The molecule has 3 rings (SSSR count). The van der Waals surface area contributed by atoms with Crippen LogP contribution in [0, 0.1) is 0 Å². The van der Waals surface area contributed by atoms with Crippen molar-refractivity contribution >= 4 is 15.9 Å². The average molecular weight is 289 g/mol. The van der Waals surface area contributed by atoms with Crippen molar-refractivity contribution in [1.29, 1.82) is 0 Å². The monoisotopic (exact) mass is 289 g/mol. The Balaban J connectivity index is 2.37. The number of amides is 1. The number of carbonyl (C=O) groups excluding carboxylic acids is 1. The van der Waals surface area contributed by atoms with E-state index in [2.05, 4.69) is 0 Å². The molecule has 1 aliphatic heterocycles. The summed E-state index contributed by atoms with van der Waals surface area (Å²) in [5, 5.41) is 0. The van der Waals surface area contributed by atoms with Crippen LogP contribution in [-0.2, 0) is 10.0 Å². The second kappa shape index (κ2) is 4.35. The number of nitrogens with one attached hydrogen (secondary N) is 1. The highest BCUT2D eigenvalue weighted by Crippen LogP contribution is 2.38. The lowest BCUT2D eigenvalue weighted by atomic mass is 9.99. The summed E-state index contributed by atoms with van der Waals surface area (Å²) < 4.78 is 31.1. The van der Waals surface area contributed by atoms with Gasteiger partial charge in [-0.3, -0.25) is 4.79 Å². The maximum Gasteiger partial charge on any atom is 0.268 e. The third kappa shape index (κ3) is 1.77. The first-order valence-corrected chi connectivity index (χ1v) is 7.36. The van der Waals surface area contributed by atoms with E-state index in [1.165, 1.54) is 7.11 Å². The Morgan fingerprint density at radius 1 is 1.05 bits per heavy atom. The zero-order valence-corrected chi connectivity index (χ0v) is 11.4. The lowest BCUT2D eigenvalue weighted by molar-refractivity contribution is 0.0985. The second-order valence-electron chi connectivity index (χ2n) is 4.32. The number of benzene rings is 2. The van der Waals surface area contributed by atoms with Crippen LogP contribution in [0.2, 0.25) is 0 Å². The summed E-state index contributed by atoms with van der Waals surface area (Å²) >= 11 is 0. The van der Waals surface area contributed by atoms with Crippen LogP contribution in [0.25, 0.3) is 11.1 Å². The molecule has 0 aliphatic carbocycles. The number of sulfonamides is 1. The smallest absolute Gasteiger partial charge is 0.268 e. The molecule has 0 saturated carbocycles. The molecule has 0 unspecified atom stereocenters. The molecule has 1 N–H and O–H groups in total. The third-order valence-electron chi connectivity index (χ3n) is 3.15. The summed E-state index contributed by atoms with van der Waals surface area (Å²) in [5.41, 5.74) is 1.48. The minimum absolute atomic E-state index is 0.0913. The fourth-order valence-corrected chi connectivity index (χ4v) is 3.63. The predicted octanol–water partition coefficient (Wildman–Crippen LogP) is 1.79. The van der Waals surface area contributed by atoms with E-state index in [0.717, 1.165) is 5.56 Å². The molecular weight excluding hydrogens is 278 g/mol. The van der Waals surface area contributed by atoms with E-state index in [0.29, 0.717) is 5.56 Å². The first-order chi connectivity index (χ1) is 9.54. The molecule has 2 aromatic rings. The topological polar surface area (TPSA) is 72.5 Å². The van der Waals surface area contributed by atoms with Gasteiger partial charge in [0, 0.05) is 0 Å². The van der Waals surface area contributed by atoms with Crippen LogP contribution < -0.4 is 9.46 Å². The summed E-state index contributed by atoms with van der Waals surface area (Å²) in [6, 6.07) is 12.4. The molecule has 0 aromatic heterocycles. The van der Waals surface area contributed by atoms with Crippen LogP contribution in [0.1, 0.15) is 10.4 Å². The van der Waals surface area contributed by atoms with Crippen molar-refractivity contribution in [2.75, 3.05) is 7.11 Å². The van der Waals surface area contributed by atoms with E-state index in [9.17, 15) is 13.2 Å². The molecule has 20 heavy (non-hydrogen) atoms. The normalized spacial score (nSPS) is 15.6. The Labute approximate surface area is 116 Å². The van der Waals surface area contributed by atoms with Gasteiger partial charge in [0.25, 0.3) is 15.9 Å². The highest BCUT2D eigenvalue weighted by atomic mass is 32.2. The zero-order chi connectivity index (χ0) is 14.3. The summed E-state index contributed by atoms with van der Waals surface area (Å²) in [6.45, 7) is 0. The van der Waals surface area contributed by atoms with Crippen molar-refractivity contribution in [3.05, 3.63) is 48.0 Å². The predicted molar refractivity (Wildman–Crippen MR) is 73.1 cm³/mol. The van der Waals surface area contributed by atoms with Crippen molar-refractivity contribution in [3.63, 3.8) is 0 Å². The summed E-state index contributed by atoms with van der Waals surface area (Å²) in [6.07, 6.45) is 0. The molecule has 0 saturated heterocycles. The molecule has 102 valence electrons. The van der Waals surface area contributed by atoms with E-state index in [1.807, 2.05) is 35.1 Å². The van der Waals surface area contributed by atoms with Gasteiger partial charge in [0.15, 0.2) is 0 Å². The molecule has 0 radical (unpaired) electrons. The van der Waals surface area contributed by atoms with Gasteiger partial charge in [0.1, 0.15) is 10.6 Å². The Bertz CT molecular complexity index is 797. The number of ether oxygens (including phenoxy) is 1. The van der Waals surface area contributed by atoms with Crippen LogP contribution in [-0.4, -0.2) is 21.4 Å². The maximum absolute atomic E-state index is 12.0. The van der Waals surface area contributed by atoms with Gasteiger partial charge in [0.2, 0.25) is 0 Å². The fraction of sp³-hybridized carbons (Fsp3) is 0.0714. The van der Waals surface area contributed by atoms with Crippen LogP contribution in [0.3, 0.4) is 0 Å². The molecule has 5 nitrogen and oxygen atoms in total. The van der Waals surface area contributed by atoms with E-state index >= 15 is 0 Å². The average Bonchev–Trinajstić information content (AvgIpc) is 2.70. The molecule has 6 heteroatoms. The number of hydrogen-bond donors (Lipinski definition) is 1. The number of methoxy groups -OCH3 is 1. The van der Waals surface area contributed by atoms with Crippen LogP contribution >= 0.6 is 0 Å². The number of hydrogen-bond acceptors (Lipinski definition) is 4. The Morgan fingerprint density at radius 3 is 2.40 bits per heavy atom. The van der Waals surface area contributed by atoms with Gasteiger partial charge in [-0.25, -0.2) is 13.1 Å². The SMILES string of the molecule is COc1ccc(-c2ccccc2)c2c1S(=O)(=O)NC2=O. The van der Waals surface area contributed by atoms with Crippen LogP contribution in [0.15, 0.2) is 47.4 Å². The van der Waals surface area contributed by atoms with Gasteiger partial charge < -0.3 is 4.74 Å². The molecule has 0 spiro atoms. The molecule has 1 aliphatic rings. The molecule has 0 fully saturated rings. The Hall–Kier alpha value is -2.34. The molecule has 2 aromatic carbocycles. The summed E-state index contributed by atoms with van der Waals surface area (Å²) in [5.74, 6) is -0.462. The van der Waals surface area contributed by atoms with E-state index in [4.69, 9.17) is 4.74 Å². The van der Waals surface area contributed by atoms with Gasteiger partial charge in [-0.15, -0.1) is 0 Å². The van der Waals surface area contributed by atoms with Gasteiger partial charge in [-0.1, -0.05) is 30.3 Å². The van der Waals surface area contributed by atoms with Gasteiger partial charge >= 0.3 is 0 Å². The van der Waals surface area contributed by atoms with E-state index in [1.54, 1.807) is 12.1 Å². The second-order valence-corrected chi connectivity index (χ2v) is 5.94. The minimum atomic E-state index is -3.85. The largest absolute Gasteiger partial charge is 0.495 e. The number of fused-ring (bicyclic) bond motifs is 1. The summed E-state index contributed by atoms with van der Waals surface area (Å²) in [4.78, 5) is 11.9. The lowest BCUT2D eigenvalue weighted by Crippen LogP contribution is -2.21. The molecular formula is C14H11NO4S. The highest BCUT2D eigenvalue weighted by Gasteiger charge is 2.38. The number of carbonyl (C=O) groups is 1.